The van der Waals surface area contributed by atoms with Gasteiger partial charge in [0.05, 0.1) is 19.3 Å². The molecule has 0 saturated carbocycles. The summed E-state index contributed by atoms with van der Waals surface area (Å²) in [6.07, 6.45) is 0. The lowest BCUT2D eigenvalue weighted by molar-refractivity contribution is 0.128. The van der Waals surface area contributed by atoms with Gasteiger partial charge in [0.1, 0.15) is 5.75 Å². The van der Waals surface area contributed by atoms with Gasteiger partial charge in [-0.25, -0.2) is 0 Å². The van der Waals surface area contributed by atoms with Crippen LogP contribution in [0.15, 0.2) is 12.1 Å². The number of rotatable bonds is 6. The van der Waals surface area contributed by atoms with Crippen molar-refractivity contribution in [2.24, 2.45) is 0 Å². The van der Waals surface area contributed by atoms with Crippen molar-refractivity contribution < 1.29 is 24.4 Å². The van der Waals surface area contributed by atoms with Gasteiger partial charge in [-0.15, -0.1) is 0 Å². The lowest BCUT2D eigenvalue weighted by atomic mass is 10.1. The predicted molar refractivity (Wildman–Crippen MR) is 63.8 cm³/mol. The second kappa shape index (κ2) is 5.90. The number of ether oxygens (including phenoxy) is 3. The van der Waals surface area contributed by atoms with Gasteiger partial charge in [-0.05, 0) is 6.07 Å². The third-order valence-electron chi connectivity index (χ3n) is 2.74. The van der Waals surface area contributed by atoms with Crippen molar-refractivity contribution in [3.8, 4) is 17.2 Å². The van der Waals surface area contributed by atoms with Gasteiger partial charge in [-0.3, -0.25) is 0 Å². The van der Waals surface area contributed by atoms with E-state index in [1.165, 1.54) is 6.07 Å². The maximum absolute atomic E-state index is 9.82. The van der Waals surface area contributed by atoms with Gasteiger partial charge in [0.15, 0.2) is 11.5 Å². The number of aromatic hydroxyl groups is 1. The first-order valence-corrected chi connectivity index (χ1v) is 5.69. The predicted octanol–water partition coefficient (Wildman–Crippen LogP) is 0.218. The largest absolute Gasteiger partial charge is 0.507 e. The Morgan fingerprint density at radius 3 is 2.78 bits per heavy atom. The monoisotopic (exact) mass is 255 g/mol. The SMILES string of the molecule is COCC(CO)NCc1cc2c(cc1O)OCO2. The Labute approximate surface area is 105 Å². The third kappa shape index (κ3) is 2.84. The molecule has 0 saturated heterocycles. The molecule has 1 aliphatic heterocycles. The summed E-state index contributed by atoms with van der Waals surface area (Å²) in [5.74, 6) is 1.31. The maximum atomic E-state index is 9.82. The van der Waals surface area contributed by atoms with E-state index in [4.69, 9.17) is 19.3 Å². The molecule has 0 spiro atoms. The fourth-order valence-corrected chi connectivity index (χ4v) is 1.75. The molecule has 3 N–H and O–H groups in total. The zero-order valence-electron chi connectivity index (χ0n) is 10.2. The molecule has 0 bridgehead atoms. The Balaban J connectivity index is 2.01. The first kappa shape index (κ1) is 12.9. The minimum atomic E-state index is -0.167. The Kier molecular flexibility index (Phi) is 4.24. The Morgan fingerprint density at radius 2 is 2.11 bits per heavy atom. The highest BCUT2D eigenvalue weighted by molar-refractivity contribution is 5.51. The van der Waals surface area contributed by atoms with E-state index in [0.717, 1.165) is 0 Å². The van der Waals surface area contributed by atoms with Crippen molar-refractivity contribution in [2.75, 3.05) is 27.1 Å². The molecule has 1 unspecified atom stereocenters. The normalized spacial score (nSPS) is 14.8. The van der Waals surface area contributed by atoms with E-state index in [9.17, 15) is 5.11 Å². The van der Waals surface area contributed by atoms with Crippen LogP contribution < -0.4 is 14.8 Å². The van der Waals surface area contributed by atoms with Gasteiger partial charge in [0, 0.05) is 25.3 Å². The number of fused-ring (bicyclic) bond motifs is 1. The number of hydrogen-bond donors (Lipinski definition) is 3. The highest BCUT2D eigenvalue weighted by Gasteiger charge is 2.17. The minimum absolute atomic E-state index is 0.0286. The van der Waals surface area contributed by atoms with Gasteiger partial charge in [0.2, 0.25) is 6.79 Å². The number of phenolic OH excluding ortho intramolecular Hbond substituents is 1. The van der Waals surface area contributed by atoms with Gasteiger partial charge >= 0.3 is 0 Å². The number of benzene rings is 1. The van der Waals surface area contributed by atoms with E-state index in [1.54, 1.807) is 13.2 Å². The summed E-state index contributed by atoms with van der Waals surface area (Å²) in [6.45, 7) is 0.965. The zero-order chi connectivity index (χ0) is 13.0. The molecule has 100 valence electrons. The fraction of sp³-hybridized carbons (Fsp3) is 0.500. The quantitative estimate of drug-likeness (QED) is 0.674. The van der Waals surface area contributed by atoms with Gasteiger partial charge in [-0.2, -0.15) is 0 Å². The van der Waals surface area contributed by atoms with Crippen LogP contribution in [0, 0.1) is 0 Å². The van der Waals surface area contributed by atoms with Crippen LogP contribution in [0.4, 0.5) is 0 Å². The molecule has 0 amide bonds. The van der Waals surface area contributed by atoms with Gasteiger partial charge in [-0.1, -0.05) is 0 Å². The molecule has 1 aliphatic rings. The average Bonchev–Trinajstić information content (AvgIpc) is 2.81. The van der Waals surface area contributed by atoms with Crippen LogP contribution >= 0.6 is 0 Å². The van der Waals surface area contributed by atoms with E-state index in [1.807, 2.05) is 0 Å². The first-order valence-electron chi connectivity index (χ1n) is 5.69. The molecule has 1 aromatic rings. The lowest BCUT2D eigenvalue weighted by Gasteiger charge is -2.15. The minimum Gasteiger partial charge on any atom is -0.507 e. The van der Waals surface area contributed by atoms with Gasteiger partial charge in [0.25, 0.3) is 0 Å². The van der Waals surface area contributed by atoms with E-state index < -0.39 is 0 Å². The molecule has 18 heavy (non-hydrogen) atoms. The maximum Gasteiger partial charge on any atom is 0.231 e. The molecule has 6 heteroatoms. The second-order valence-electron chi connectivity index (χ2n) is 4.05. The summed E-state index contributed by atoms with van der Waals surface area (Å²) in [5, 5.41) is 22.0. The summed E-state index contributed by atoms with van der Waals surface area (Å²) in [5.41, 5.74) is 0.689. The summed E-state index contributed by atoms with van der Waals surface area (Å²) in [6, 6.07) is 3.09. The zero-order valence-corrected chi connectivity index (χ0v) is 10.2. The van der Waals surface area contributed by atoms with Crippen LogP contribution in [-0.2, 0) is 11.3 Å². The van der Waals surface area contributed by atoms with Crippen LogP contribution in [0.2, 0.25) is 0 Å². The Hall–Kier alpha value is -1.50. The Morgan fingerprint density at radius 1 is 1.39 bits per heavy atom. The number of nitrogens with one attached hydrogen (secondary N) is 1. The number of aliphatic hydroxyl groups is 1. The molecule has 2 rings (SSSR count). The van der Waals surface area contributed by atoms with Crippen molar-refractivity contribution in [3.05, 3.63) is 17.7 Å². The van der Waals surface area contributed by atoms with Crippen LogP contribution in [0.3, 0.4) is 0 Å². The van der Waals surface area contributed by atoms with Crippen molar-refractivity contribution in [3.63, 3.8) is 0 Å². The lowest BCUT2D eigenvalue weighted by Crippen LogP contribution is -2.35. The average molecular weight is 255 g/mol. The van der Waals surface area contributed by atoms with Crippen LogP contribution in [0.5, 0.6) is 17.2 Å². The molecule has 1 aromatic carbocycles. The van der Waals surface area contributed by atoms with Crippen molar-refractivity contribution in [1.82, 2.24) is 5.32 Å². The van der Waals surface area contributed by atoms with Crippen LogP contribution in [-0.4, -0.2) is 43.4 Å². The summed E-state index contributed by atoms with van der Waals surface area (Å²) in [7, 11) is 1.57. The van der Waals surface area contributed by atoms with E-state index in [2.05, 4.69) is 5.32 Å². The molecule has 0 aromatic heterocycles. The van der Waals surface area contributed by atoms with Gasteiger partial charge < -0.3 is 29.7 Å². The molecule has 0 aliphatic carbocycles. The molecule has 0 radical (unpaired) electrons. The van der Waals surface area contributed by atoms with E-state index >= 15 is 0 Å². The molecule has 6 nitrogen and oxygen atoms in total. The smallest absolute Gasteiger partial charge is 0.231 e. The standard InChI is InChI=1S/C12H17NO5/c1-16-6-9(5-14)13-4-8-2-11-12(3-10(8)15)18-7-17-11/h2-3,9,13-15H,4-7H2,1H3. The summed E-state index contributed by atoms with van der Waals surface area (Å²) < 4.78 is 15.4. The third-order valence-corrected chi connectivity index (χ3v) is 2.74. The highest BCUT2D eigenvalue weighted by Crippen LogP contribution is 2.37. The fourth-order valence-electron chi connectivity index (χ4n) is 1.75. The van der Waals surface area contributed by atoms with E-state index in [-0.39, 0.29) is 25.2 Å². The van der Waals surface area contributed by atoms with Crippen molar-refractivity contribution in [2.45, 2.75) is 12.6 Å². The number of aliphatic hydroxyl groups excluding tert-OH is 1. The van der Waals surface area contributed by atoms with Crippen LogP contribution in [0.1, 0.15) is 5.56 Å². The van der Waals surface area contributed by atoms with Crippen LogP contribution in [0.25, 0.3) is 0 Å². The number of hydrogen-bond acceptors (Lipinski definition) is 6. The number of phenols is 1. The molecule has 1 heterocycles. The Bertz CT molecular complexity index is 410. The highest BCUT2D eigenvalue weighted by atomic mass is 16.7. The summed E-state index contributed by atoms with van der Waals surface area (Å²) in [4.78, 5) is 0. The first-order chi connectivity index (χ1) is 8.74. The van der Waals surface area contributed by atoms with Crippen molar-refractivity contribution in [1.29, 1.82) is 0 Å². The molecule has 1 atom stereocenters. The summed E-state index contributed by atoms with van der Waals surface area (Å²) >= 11 is 0. The molecular weight excluding hydrogens is 238 g/mol. The molecular formula is C12H17NO5. The topological polar surface area (TPSA) is 80.2 Å². The van der Waals surface area contributed by atoms with Crippen molar-refractivity contribution >= 4 is 0 Å². The molecule has 0 fully saturated rings. The number of methoxy groups -OCH3 is 1. The second-order valence-corrected chi connectivity index (χ2v) is 4.05. The van der Waals surface area contributed by atoms with E-state index in [0.29, 0.717) is 30.2 Å².